The second-order valence-electron chi connectivity index (χ2n) is 14.5. The molecule has 0 aliphatic rings. The molecule has 11 aromatic rings. The molecule has 266 valence electrons. The molecule has 0 fully saturated rings. The molecule has 0 saturated carbocycles. The molecule has 0 radical (unpaired) electrons. The fourth-order valence-corrected chi connectivity index (χ4v) is 7.97. The van der Waals surface area contributed by atoms with E-state index in [2.05, 4.69) is 182 Å². The minimum Gasteiger partial charge on any atom is -0.455 e. The van der Waals surface area contributed by atoms with Gasteiger partial charge in [-0.1, -0.05) is 152 Å². The Morgan fingerprint density at radius 1 is 0.281 bits per heavy atom. The fourth-order valence-electron chi connectivity index (χ4n) is 7.97. The first kappa shape index (κ1) is 32.7. The first-order valence-electron chi connectivity index (χ1n) is 19.2. The molecule has 0 saturated heterocycles. The van der Waals surface area contributed by atoms with Crippen molar-refractivity contribution in [2.24, 2.45) is 0 Å². The summed E-state index contributed by atoms with van der Waals surface area (Å²) in [5.74, 6) is 1.79. The van der Waals surface area contributed by atoms with E-state index in [9.17, 15) is 0 Å². The Hall–Kier alpha value is -7.69. The summed E-state index contributed by atoms with van der Waals surface area (Å²) in [5, 5.41) is 6.65. The van der Waals surface area contributed by atoms with Gasteiger partial charge in [0.25, 0.3) is 0 Å². The van der Waals surface area contributed by atoms with Crippen LogP contribution in [-0.2, 0) is 0 Å². The van der Waals surface area contributed by atoms with E-state index >= 15 is 0 Å². The maximum absolute atomic E-state index is 6.72. The van der Waals surface area contributed by atoms with Gasteiger partial charge in [-0.05, 0) is 97.9 Å². The van der Waals surface area contributed by atoms with Crippen molar-refractivity contribution in [3.8, 4) is 67.5 Å². The molecule has 0 amide bonds. The number of nitrogens with zero attached hydrogens (tertiary/aromatic N) is 3. The third-order valence-electron chi connectivity index (χ3n) is 10.8. The van der Waals surface area contributed by atoms with Gasteiger partial charge in [0.05, 0.1) is 0 Å². The highest BCUT2D eigenvalue weighted by Gasteiger charge is 2.20. The number of fused-ring (bicyclic) bond motifs is 5. The van der Waals surface area contributed by atoms with Gasteiger partial charge < -0.3 is 4.42 Å². The summed E-state index contributed by atoms with van der Waals surface area (Å²) in [4.78, 5) is 15.9. The lowest BCUT2D eigenvalue weighted by Crippen LogP contribution is -2.01. The van der Waals surface area contributed by atoms with Crippen LogP contribution < -0.4 is 0 Å². The van der Waals surface area contributed by atoms with E-state index in [4.69, 9.17) is 19.4 Å². The molecular formula is C53H33N3O. The SMILES string of the molecule is c1ccc(-c2cc(-c3ccccc3)cc(-c3nc(-c4ccc5ccccc5c4)nc(-c4cc(-c5ccccc5)c5oc6cc7ccccc7cc6c5c4)n3)c2)cc1. The molecule has 9 aromatic carbocycles. The van der Waals surface area contributed by atoms with Crippen LogP contribution in [0.15, 0.2) is 205 Å². The molecule has 4 nitrogen and oxygen atoms in total. The van der Waals surface area contributed by atoms with Gasteiger partial charge in [0.1, 0.15) is 11.2 Å². The molecule has 11 rings (SSSR count). The summed E-state index contributed by atoms with van der Waals surface area (Å²) in [6.45, 7) is 0. The summed E-state index contributed by atoms with van der Waals surface area (Å²) in [5.41, 5.74) is 10.9. The lowest BCUT2D eigenvalue weighted by Gasteiger charge is -2.13. The molecule has 0 N–H and O–H groups in total. The van der Waals surface area contributed by atoms with Crippen molar-refractivity contribution >= 4 is 43.5 Å². The molecule has 57 heavy (non-hydrogen) atoms. The summed E-state index contributed by atoms with van der Waals surface area (Å²) < 4.78 is 6.72. The van der Waals surface area contributed by atoms with Crippen molar-refractivity contribution in [1.29, 1.82) is 0 Å². The number of benzene rings is 9. The molecule has 2 aromatic heterocycles. The predicted molar refractivity (Wildman–Crippen MR) is 235 cm³/mol. The average Bonchev–Trinajstić information content (AvgIpc) is 3.65. The van der Waals surface area contributed by atoms with Crippen molar-refractivity contribution in [1.82, 2.24) is 15.0 Å². The Morgan fingerprint density at radius 3 is 1.37 bits per heavy atom. The summed E-state index contributed by atoms with van der Waals surface area (Å²) in [7, 11) is 0. The average molecular weight is 728 g/mol. The molecular weight excluding hydrogens is 695 g/mol. The zero-order valence-corrected chi connectivity index (χ0v) is 30.8. The van der Waals surface area contributed by atoms with Gasteiger partial charge in [-0.3, -0.25) is 0 Å². The van der Waals surface area contributed by atoms with E-state index in [0.717, 1.165) is 93.6 Å². The summed E-state index contributed by atoms with van der Waals surface area (Å²) >= 11 is 0. The zero-order valence-electron chi connectivity index (χ0n) is 30.8. The number of hydrogen-bond acceptors (Lipinski definition) is 4. The zero-order chi connectivity index (χ0) is 37.7. The van der Waals surface area contributed by atoms with Crippen LogP contribution in [0.25, 0.3) is 111 Å². The molecule has 0 aliphatic heterocycles. The largest absolute Gasteiger partial charge is 0.455 e. The molecule has 0 aliphatic carbocycles. The van der Waals surface area contributed by atoms with E-state index in [-0.39, 0.29) is 0 Å². The molecule has 0 atom stereocenters. The Morgan fingerprint density at radius 2 is 0.754 bits per heavy atom. The number of aromatic nitrogens is 3. The van der Waals surface area contributed by atoms with Crippen molar-refractivity contribution in [2.75, 3.05) is 0 Å². The van der Waals surface area contributed by atoms with E-state index in [0.29, 0.717) is 17.5 Å². The minimum absolute atomic E-state index is 0.587. The Bertz CT molecular complexity index is 3220. The predicted octanol–water partition coefficient (Wildman–Crippen LogP) is 14.1. The van der Waals surface area contributed by atoms with Crippen molar-refractivity contribution < 1.29 is 4.42 Å². The van der Waals surface area contributed by atoms with Gasteiger partial charge in [-0.2, -0.15) is 0 Å². The highest BCUT2D eigenvalue weighted by atomic mass is 16.3. The molecule has 0 unspecified atom stereocenters. The van der Waals surface area contributed by atoms with E-state index in [1.807, 2.05) is 18.2 Å². The Kier molecular flexibility index (Phi) is 7.78. The van der Waals surface area contributed by atoms with Crippen LogP contribution in [0.5, 0.6) is 0 Å². The third kappa shape index (κ3) is 6.01. The van der Waals surface area contributed by atoms with Crippen LogP contribution in [-0.4, -0.2) is 15.0 Å². The molecule has 4 heteroatoms. The highest BCUT2D eigenvalue weighted by Crippen LogP contribution is 2.41. The van der Waals surface area contributed by atoms with E-state index in [1.54, 1.807) is 0 Å². The quantitative estimate of drug-likeness (QED) is 0.171. The standard InChI is InChI=1S/C53H33N3O/c1-4-14-34(15-5-1)42-27-43(35-16-6-2-7-17-35)29-44(28-42)52-54-51(41-25-24-36-18-10-11-21-38(36)26-41)55-53(56-52)45-31-46(37-19-8-3-9-20-37)50-48(32-45)47-30-39-22-12-13-23-40(39)33-49(47)57-50/h1-33H. The van der Waals surface area contributed by atoms with Gasteiger partial charge in [0.15, 0.2) is 17.5 Å². The first-order valence-corrected chi connectivity index (χ1v) is 19.2. The van der Waals surface area contributed by atoms with E-state index in [1.165, 1.54) is 0 Å². The summed E-state index contributed by atoms with van der Waals surface area (Å²) in [6, 6.07) is 70.0. The molecule has 0 bridgehead atoms. The van der Waals surface area contributed by atoms with Crippen LogP contribution in [0.1, 0.15) is 0 Å². The Labute approximate surface area is 329 Å². The first-order chi connectivity index (χ1) is 28.2. The fraction of sp³-hybridized carbons (Fsp3) is 0. The lowest BCUT2D eigenvalue weighted by molar-refractivity contribution is 0.670. The second kappa shape index (κ2) is 13.6. The monoisotopic (exact) mass is 727 g/mol. The van der Waals surface area contributed by atoms with E-state index < -0.39 is 0 Å². The second-order valence-corrected chi connectivity index (χ2v) is 14.5. The molecule has 0 spiro atoms. The number of furan rings is 1. The van der Waals surface area contributed by atoms with Crippen LogP contribution in [0.4, 0.5) is 0 Å². The number of hydrogen-bond donors (Lipinski definition) is 0. The van der Waals surface area contributed by atoms with Gasteiger partial charge in [0.2, 0.25) is 0 Å². The van der Waals surface area contributed by atoms with Crippen molar-refractivity contribution in [3.05, 3.63) is 200 Å². The molecule has 2 heterocycles. The smallest absolute Gasteiger partial charge is 0.164 e. The minimum atomic E-state index is 0.587. The van der Waals surface area contributed by atoms with Crippen LogP contribution >= 0.6 is 0 Å². The van der Waals surface area contributed by atoms with Crippen molar-refractivity contribution in [2.45, 2.75) is 0 Å². The normalized spacial score (nSPS) is 11.5. The van der Waals surface area contributed by atoms with Crippen LogP contribution in [0.3, 0.4) is 0 Å². The highest BCUT2D eigenvalue weighted by molar-refractivity contribution is 6.14. The number of rotatable bonds is 6. The van der Waals surface area contributed by atoms with Crippen molar-refractivity contribution in [3.63, 3.8) is 0 Å². The summed E-state index contributed by atoms with van der Waals surface area (Å²) in [6.07, 6.45) is 0. The van der Waals surface area contributed by atoms with Gasteiger partial charge in [-0.25, -0.2) is 15.0 Å². The lowest BCUT2D eigenvalue weighted by atomic mass is 9.95. The van der Waals surface area contributed by atoms with Gasteiger partial charge in [0, 0.05) is 33.0 Å². The maximum Gasteiger partial charge on any atom is 0.164 e. The third-order valence-corrected chi connectivity index (χ3v) is 10.8. The van der Waals surface area contributed by atoms with Crippen LogP contribution in [0, 0.1) is 0 Å². The topological polar surface area (TPSA) is 51.8 Å². The van der Waals surface area contributed by atoms with Gasteiger partial charge >= 0.3 is 0 Å². The Balaban J connectivity index is 1.19. The van der Waals surface area contributed by atoms with Gasteiger partial charge in [-0.15, -0.1) is 0 Å². The van der Waals surface area contributed by atoms with Crippen LogP contribution in [0.2, 0.25) is 0 Å². The maximum atomic E-state index is 6.72.